The van der Waals surface area contributed by atoms with Crippen LogP contribution in [0.15, 0.2) is 54.6 Å². The fourth-order valence-corrected chi connectivity index (χ4v) is 2.46. The van der Waals surface area contributed by atoms with E-state index in [9.17, 15) is 0 Å². The van der Waals surface area contributed by atoms with E-state index in [1.54, 1.807) is 0 Å². The average molecular weight is 269 g/mol. The molecule has 104 valence electrons. The first-order chi connectivity index (χ1) is 9.81. The van der Waals surface area contributed by atoms with Crippen LogP contribution in [0.25, 0.3) is 0 Å². The molecule has 0 amide bonds. The van der Waals surface area contributed by atoms with Gasteiger partial charge in [0.25, 0.3) is 0 Å². The number of nitrogens with two attached hydrogens (primary N) is 1. The van der Waals surface area contributed by atoms with Gasteiger partial charge >= 0.3 is 0 Å². The van der Waals surface area contributed by atoms with Crippen LogP contribution in [0.4, 0.5) is 0 Å². The lowest BCUT2D eigenvalue weighted by Gasteiger charge is -2.27. The van der Waals surface area contributed by atoms with Crippen LogP contribution in [-0.4, -0.2) is 12.6 Å². The highest BCUT2D eigenvalue weighted by Crippen LogP contribution is 2.30. The third-order valence-electron chi connectivity index (χ3n) is 3.53. The van der Waals surface area contributed by atoms with Crippen molar-refractivity contribution in [2.45, 2.75) is 25.0 Å². The molecule has 2 aromatic carbocycles. The third-order valence-corrected chi connectivity index (χ3v) is 3.53. The number of para-hydroxylation sites is 1. The van der Waals surface area contributed by atoms with Crippen LogP contribution in [-0.2, 0) is 4.74 Å². The lowest BCUT2D eigenvalue weighted by Crippen LogP contribution is -2.30. The molecule has 1 saturated heterocycles. The number of rotatable bonds is 3. The number of hydrogen-bond acceptors (Lipinski definition) is 3. The Kier molecular flexibility index (Phi) is 4.00. The van der Waals surface area contributed by atoms with Crippen molar-refractivity contribution in [3.8, 4) is 11.5 Å². The average Bonchev–Trinajstić information content (AvgIpc) is 2.49. The van der Waals surface area contributed by atoms with Crippen LogP contribution in [0.1, 0.15) is 24.5 Å². The maximum absolute atomic E-state index is 6.01. The van der Waals surface area contributed by atoms with Crippen molar-refractivity contribution in [2.24, 2.45) is 5.73 Å². The molecular weight excluding hydrogens is 250 g/mol. The van der Waals surface area contributed by atoms with Crippen molar-refractivity contribution in [1.82, 2.24) is 0 Å². The molecule has 0 bridgehead atoms. The molecule has 3 rings (SSSR count). The van der Waals surface area contributed by atoms with Crippen LogP contribution in [0.2, 0.25) is 0 Å². The quantitative estimate of drug-likeness (QED) is 0.924. The first-order valence-corrected chi connectivity index (χ1v) is 7.01. The lowest BCUT2D eigenvalue weighted by molar-refractivity contribution is 0.00659. The predicted molar refractivity (Wildman–Crippen MR) is 78.9 cm³/mol. The number of benzene rings is 2. The van der Waals surface area contributed by atoms with Gasteiger partial charge in [0.1, 0.15) is 11.5 Å². The van der Waals surface area contributed by atoms with Crippen molar-refractivity contribution in [3.63, 3.8) is 0 Å². The topological polar surface area (TPSA) is 44.5 Å². The van der Waals surface area contributed by atoms with Gasteiger partial charge in [0.05, 0.1) is 6.10 Å². The molecule has 0 radical (unpaired) electrons. The third kappa shape index (κ3) is 3.18. The molecule has 2 atom stereocenters. The predicted octanol–water partition coefficient (Wildman–Crippen LogP) is 3.66. The minimum Gasteiger partial charge on any atom is -0.457 e. The zero-order valence-electron chi connectivity index (χ0n) is 11.4. The highest BCUT2D eigenvalue weighted by molar-refractivity contribution is 5.34. The molecule has 20 heavy (non-hydrogen) atoms. The maximum atomic E-state index is 6.01. The molecule has 1 aliphatic rings. The van der Waals surface area contributed by atoms with E-state index in [2.05, 4.69) is 6.07 Å². The van der Waals surface area contributed by atoms with Gasteiger partial charge in [-0.2, -0.15) is 0 Å². The van der Waals surface area contributed by atoms with Crippen molar-refractivity contribution in [1.29, 1.82) is 0 Å². The Labute approximate surface area is 119 Å². The first-order valence-electron chi connectivity index (χ1n) is 7.01. The first kappa shape index (κ1) is 13.2. The summed E-state index contributed by atoms with van der Waals surface area (Å²) in [4.78, 5) is 0. The van der Waals surface area contributed by atoms with Gasteiger partial charge in [-0.3, -0.25) is 0 Å². The summed E-state index contributed by atoms with van der Waals surface area (Å²) in [5.74, 6) is 1.67. The SMILES string of the molecule is NC1CCOC(c2cccc(Oc3ccccc3)c2)C1. The van der Waals surface area contributed by atoms with Crippen LogP contribution < -0.4 is 10.5 Å². The summed E-state index contributed by atoms with van der Waals surface area (Å²) >= 11 is 0. The van der Waals surface area contributed by atoms with Gasteiger partial charge in [-0.15, -0.1) is 0 Å². The Morgan fingerprint density at radius 2 is 1.80 bits per heavy atom. The van der Waals surface area contributed by atoms with Gasteiger partial charge in [-0.25, -0.2) is 0 Å². The summed E-state index contributed by atoms with van der Waals surface area (Å²) < 4.78 is 11.7. The molecule has 1 aliphatic heterocycles. The van der Waals surface area contributed by atoms with E-state index in [0.29, 0.717) is 0 Å². The van der Waals surface area contributed by atoms with E-state index in [0.717, 1.165) is 36.5 Å². The Bertz CT molecular complexity index is 556. The molecule has 3 heteroatoms. The van der Waals surface area contributed by atoms with E-state index >= 15 is 0 Å². The van der Waals surface area contributed by atoms with Crippen LogP contribution in [0.3, 0.4) is 0 Å². The second-order valence-corrected chi connectivity index (χ2v) is 5.13. The molecule has 0 spiro atoms. The molecule has 0 saturated carbocycles. The van der Waals surface area contributed by atoms with Gasteiger partial charge in [0.15, 0.2) is 0 Å². The largest absolute Gasteiger partial charge is 0.457 e. The van der Waals surface area contributed by atoms with Gasteiger partial charge in [0, 0.05) is 12.6 Å². The summed E-state index contributed by atoms with van der Waals surface area (Å²) in [5.41, 5.74) is 7.15. The molecule has 2 aromatic rings. The van der Waals surface area contributed by atoms with Crippen molar-refractivity contribution in [2.75, 3.05) is 6.61 Å². The molecular formula is C17H19NO2. The summed E-state index contributed by atoms with van der Waals surface area (Å²) in [5, 5.41) is 0. The molecule has 0 aliphatic carbocycles. The Hall–Kier alpha value is -1.84. The highest BCUT2D eigenvalue weighted by Gasteiger charge is 2.21. The van der Waals surface area contributed by atoms with Crippen LogP contribution in [0, 0.1) is 0 Å². The van der Waals surface area contributed by atoms with E-state index in [1.165, 1.54) is 0 Å². The molecule has 3 nitrogen and oxygen atoms in total. The fourth-order valence-electron chi connectivity index (χ4n) is 2.46. The van der Waals surface area contributed by atoms with Gasteiger partial charge < -0.3 is 15.2 Å². The van der Waals surface area contributed by atoms with Gasteiger partial charge in [-0.1, -0.05) is 30.3 Å². The standard InChI is InChI=1S/C17H19NO2/c18-14-9-10-19-17(12-14)13-5-4-8-16(11-13)20-15-6-2-1-3-7-15/h1-8,11,14,17H,9-10,12,18H2. The lowest BCUT2D eigenvalue weighted by atomic mass is 9.98. The normalized spacial score (nSPS) is 22.4. The van der Waals surface area contributed by atoms with Gasteiger partial charge in [-0.05, 0) is 42.7 Å². The summed E-state index contributed by atoms with van der Waals surface area (Å²) in [6, 6.07) is 18.1. The van der Waals surface area contributed by atoms with E-state index in [4.69, 9.17) is 15.2 Å². The zero-order valence-corrected chi connectivity index (χ0v) is 11.4. The zero-order chi connectivity index (χ0) is 13.8. The number of ether oxygens (including phenoxy) is 2. The molecule has 1 heterocycles. The maximum Gasteiger partial charge on any atom is 0.127 e. The molecule has 0 aromatic heterocycles. The minimum absolute atomic E-state index is 0.0815. The summed E-state index contributed by atoms with van der Waals surface area (Å²) in [6.07, 6.45) is 1.89. The van der Waals surface area contributed by atoms with Crippen molar-refractivity contribution in [3.05, 3.63) is 60.2 Å². The fraction of sp³-hybridized carbons (Fsp3) is 0.294. The second kappa shape index (κ2) is 6.07. The van der Waals surface area contributed by atoms with E-state index in [1.807, 2.05) is 48.5 Å². The Morgan fingerprint density at radius 3 is 2.60 bits per heavy atom. The van der Waals surface area contributed by atoms with E-state index < -0.39 is 0 Å². The van der Waals surface area contributed by atoms with Crippen molar-refractivity contribution < 1.29 is 9.47 Å². The van der Waals surface area contributed by atoms with E-state index in [-0.39, 0.29) is 12.1 Å². The van der Waals surface area contributed by atoms with Crippen LogP contribution in [0.5, 0.6) is 11.5 Å². The van der Waals surface area contributed by atoms with Gasteiger partial charge in [0.2, 0.25) is 0 Å². The smallest absolute Gasteiger partial charge is 0.127 e. The number of hydrogen-bond donors (Lipinski definition) is 1. The Balaban J connectivity index is 1.75. The van der Waals surface area contributed by atoms with Crippen molar-refractivity contribution >= 4 is 0 Å². The monoisotopic (exact) mass is 269 g/mol. The summed E-state index contributed by atoms with van der Waals surface area (Å²) in [7, 11) is 0. The summed E-state index contributed by atoms with van der Waals surface area (Å²) in [6.45, 7) is 0.732. The molecule has 2 unspecified atom stereocenters. The van der Waals surface area contributed by atoms with Crippen LogP contribution >= 0.6 is 0 Å². The molecule has 1 fully saturated rings. The Morgan fingerprint density at radius 1 is 1.00 bits per heavy atom. The minimum atomic E-state index is 0.0815. The second-order valence-electron chi connectivity index (χ2n) is 5.13. The molecule has 2 N–H and O–H groups in total. The highest BCUT2D eigenvalue weighted by atomic mass is 16.5.